The zero-order valence-electron chi connectivity index (χ0n) is 11.1. The Labute approximate surface area is 134 Å². The number of halogens is 3. The van der Waals surface area contributed by atoms with Crippen LogP contribution in [0.2, 0.25) is 0 Å². The molecule has 0 bridgehead atoms. The van der Waals surface area contributed by atoms with E-state index in [1.165, 1.54) is 13.2 Å². The van der Waals surface area contributed by atoms with Gasteiger partial charge in [0.2, 0.25) is 0 Å². The minimum atomic E-state index is -0.442. The molecule has 0 saturated carbocycles. The van der Waals surface area contributed by atoms with Crippen molar-refractivity contribution in [1.82, 2.24) is 9.55 Å². The van der Waals surface area contributed by atoms with Gasteiger partial charge in [-0.2, -0.15) is 0 Å². The van der Waals surface area contributed by atoms with E-state index in [1.807, 2.05) is 28.8 Å². The minimum absolute atomic E-state index is 0.178. The quantitative estimate of drug-likeness (QED) is 0.627. The topological polar surface area (TPSA) is 27.1 Å². The summed E-state index contributed by atoms with van der Waals surface area (Å²) >= 11 is 9.52. The third-order valence-electron chi connectivity index (χ3n) is 3.21. The Bertz CT molecular complexity index is 819. The van der Waals surface area contributed by atoms with Gasteiger partial charge in [-0.3, -0.25) is 4.57 Å². The lowest BCUT2D eigenvalue weighted by molar-refractivity contribution is 0.387. The molecular weight excluding hydrogens is 359 g/mol. The number of hydrogen-bond donors (Lipinski definition) is 0. The fourth-order valence-electron chi connectivity index (χ4n) is 2.28. The molecule has 0 spiro atoms. The molecule has 108 valence electrons. The van der Waals surface area contributed by atoms with Gasteiger partial charge in [0.15, 0.2) is 11.6 Å². The van der Waals surface area contributed by atoms with Crippen LogP contribution in [0.1, 0.15) is 5.82 Å². The van der Waals surface area contributed by atoms with Gasteiger partial charge in [0.1, 0.15) is 5.82 Å². The van der Waals surface area contributed by atoms with Crippen LogP contribution in [-0.4, -0.2) is 16.7 Å². The Morgan fingerprint density at radius 2 is 2.10 bits per heavy atom. The van der Waals surface area contributed by atoms with E-state index in [9.17, 15) is 4.39 Å². The van der Waals surface area contributed by atoms with Gasteiger partial charge in [-0.05, 0) is 28.1 Å². The van der Waals surface area contributed by atoms with E-state index in [0.717, 1.165) is 15.7 Å². The van der Waals surface area contributed by atoms with E-state index in [2.05, 4.69) is 20.9 Å². The van der Waals surface area contributed by atoms with Crippen LogP contribution >= 0.6 is 27.5 Å². The standard InChI is InChI=1S/C15H11BrClFN2O/c1-21-14-7-13-11(6-10(14)18)19-15(8-17)20(13)12-5-3-2-4-9(12)16/h2-7H,8H2,1H3. The third kappa shape index (κ3) is 2.40. The molecule has 3 rings (SSSR count). The fourth-order valence-corrected chi connectivity index (χ4v) is 2.92. The molecule has 1 aromatic heterocycles. The van der Waals surface area contributed by atoms with Crippen LogP contribution in [0.3, 0.4) is 0 Å². The average Bonchev–Trinajstić information content (AvgIpc) is 2.84. The Morgan fingerprint density at radius 3 is 2.76 bits per heavy atom. The summed E-state index contributed by atoms with van der Waals surface area (Å²) in [6.45, 7) is 0. The van der Waals surface area contributed by atoms with Gasteiger partial charge >= 0.3 is 0 Å². The van der Waals surface area contributed by atoms with Crippen LogP contribution in [0.25, 0.3) is 16.7 Å². The number of para-hydroxylation sites is 1. The fraction of sp³-hybridized carbons (Fsp3) is 0.133. The minimum Gasteiger partial charge on any atom is -0.494 e. The zero-order valence-corrected chi connectivity index (χ0v) is 13.4. The monoisotopic (exact) mass is 368 g/mol. The van der Waals surface area contributed by atoms with Gasteiger partial charge in [0.25, 0.3) is 0 Å². The van der Waals surface area contributed by atoms with E-state index in [4.69, 9.17) is 16.3 Å². The number of aromatic nitrogens is 2. The molecule has 0 atom stereocenters. The van der Waals surface area contributed by atoms with E-state index in [0.29, 0.717) is 11.3 Å². The van der Waals surface area contributed by atoms with E-state index < -0.39 is 5.82 Å². The first-order valence-corrected chi connectivity index (χ1v) is 7.54. The van der Waals surface area contributed by atoms with Crippen LogP contribution < -0.4 is 4.74 Å². The summed E-state index contributed by atoms with van der Waals surface area (Å²) < 4.78 is 21.7. The smallest absolute Gasteiger partial charge is 0.167 e. The van der Waals surface area contributed by atoms with Crippen molar-refractivity contribution in [1.29, 1.82) is 0 Å². The molecule has 0 aliphatic heterocycles. The highest BCUT2D eigenvalue weighted by Crippen LogP contribution is 2.31. The normalized spacial score (nSPS) is 11.0. The number of alkyl halides is 1. The van der Waals surface area contributed by atoms with Crippen LogP contribution in [0, 0.1) is 5.82 Å². The molecule has 0 saturated heterocycles. The van der Waals surface area contributed by atoms with Crippen LogP contribution in [0.4, 0.5) is 4.39 Å². The van der Waals surface area contributed by atoms with Gasteiger partial charge in [-0.1, -0.05) is 12.1 Å². The van der Waals surface area contributed by atoms with Gasteiger partial charge in [-0.15, -0.1) is 11.6 Å². The summed E-state index contributed by atoms with van der Waals surface area (Å²) in [5.74, 6) is 0.603. The highest BCUT2D eigenvalue weighted by Gasteiger charge is 2.16. The van der Waals surface area contributed by atoms with Crippen molar-refractivity contribution in [2.75, 3.05) is 7.11 Å². The summed E-state index contributed by atoms with van der Waals surface area (Å²) in [6.07, 6.45) is 0. The number of nitrogens with zero attached hydrogens (tertiary/aromatic N) is 2. The molecule has 0 aliphatic carbocycles. The molecule has 3 aromatic rings. The Balaban J connectivity index is 2.37. The van der Waals surface area contributed by atoms with Crippen molar-refractivity contribution in [2.45, 2.75) is 5.88 Å². The van der Waals surface area contributed by atoms with E-state index in [-0.39, 0.29) is 11.6 Å². The molecule has 0 radical (unpaired) electrons. The summed E-state index contributed by atoms with van der Waals surface area (Å²) in [4.78, 5) is 4.40. The maximum absolute atomic E-state index is 13.8. The number of rotatable bonds is 3. The Morgan fingerprint density at radius 1 is 1.33 bits per heavy atom. The van der Waals surface area contributed by atoms with Crippen molar-refractivity contribution in [3.8, 4) is 11.4 Å². The van der Waals surface area contributed by atoms with Crippen molar-refractivity contribution >= 4 is 38.6 Å². The lowest BCUT2D eigenvalue weighted by Crippen LogP contribution is -2.00. The molecule has 2 aromatic carbocycles. The molecule has 0 aliphatic rings. The number of hydrogen-bond acceptors (Lipinski definition) is 2. The molecule has 0 N–H and O–H groups in total. The molecule has 6 heteroatoms. The highest BCUT2D eigenvalue weighted by atomic mass is 79.9. The zero-order chi connectivity index (χ0) is 15.0. The molecular formula is C15H11BrClFN2O. The largest absolute Gasteiger partial charge is 0.494 e. The van der Waals surface area contributed by atoms with Crippen molar-refractivity contribution in [3.05, 3.63) is 52.5 Å². The Hall–Kier alpha value is -1.59. The number of imidazole rings is 1. The van der Waals surface area contributed by atoms with Crippen LogP contribution in [0.15, 0.2) is 40.9 Å². The third-order valence-corrected chi connectivity index (χ3v) is 4.12. The molecule has 3 nitrogen and oxygen atoms in total. The Kier molecular flexibility index (Phi) is 3.87. The molecule has 0 fully saturated rings. The second kappa shape index (κ2) is 5.66. The van der Waals surface area contributed by atoms with Gasteiger partial charge in [0, 0.05) is 16.6 Å². The number of fused-ring (bicyclic) bond motifs is 1. The molecule has 0 amide bonds. The predicted molar refractivity (Wildman–Crippen MR) is 84.8 cm³/mol. The summed E-state index contributed by atoms with van der Waals surface area (Å²) in [7, 11) is 1.44. The van der Waals surface area contributed by atoms with Gasteiger partial charge in [-0.25, -0.2) is 9.37 Å². The number of ether oxygens (including phenoxy) is 1. The maximum atomic E-state index is 13.8. The second-order valence-corrected chi connectivity index (χ2v) is 5.55. The van der Waals surface area contributed by atoms with Crippen LogP contribution in [-0.2, 0) is 5.88 Å². The number of benzene rings is 2. The van der Waals surface area contributed by atoms with Gasteiger partial charge in [0.05, 0.1) is 29.7 Å². The number of methoxy groups -OCH3 is 1. The summed E-state index contributed by atoms with van der Waals surface area (Å²) in [6, 6.07) is 10.7. The molecule has 1 heterocycles. The summed E-state index contributed by atoms with van der Waals surface area (Å²) in [5.41, 5.74) is 2.18. The van der Waals surface area contributed by atoms with Crippen molar-refractivity contribution in [3.63, 3.8) is 0 Å². The molecule has 0 unspecified atom stereocenters. The lowest BCUT2D eigenvalue weighted by Gasteiger charge is -2.10. The second-order valence-electron chi connectivity index (χ2n) is 4.42. The maximum Gasteiger partial charge on any atom is 0.167 e. The summed E-state index contributed by atoms with van der Waals surface area (Å²) in [5, 5.41) is 0. The predicted octanol–water partition coefficient (Wildman–Crippen LogP) is 4.67. The first kappa shape index (κ1) is 14.4. The van der Waals surface area contributed by atoms with Gasteiger partial charge < -0.3 is 4.74 Å². The van der Waals surface area contributed by atoms with E-state index >= 15 is 0 Å². The average molecular weight is 370 g/mol. The first-order valence-electron chi connectivity index (χ1n) is 6.21. The first-order chi connectivity index (χ1) is 10.2. The van der Waals surface area contributed by atoms with E-state index in [1.54, 1.807) is 6.07 Å². The molecule has 21 heavy (non-hydrogen) atoms. The SMILES string of the molecule is COc1cc2c(cc1F)nc(CCl)n2-c1ccccc1Br. The highest BCUT2D eigenvalue weighted by molar-refractivity contribution is 9.10. The van der Waals surface area contributed by atoms with Crippen LogP contribution in [0.5, 0.6) is 5.75 Å². The van der Waals surface area contributed by atoms with Crippen molar-refractivity contribution < 1.29 is 9.13 Å². The van der Waals surface area contributed by atoms with Crippen molar-refractivity contribution in [2.24, 2.45) is 0 Å². The lowest BCUT2D eigenvalue weighted by atomic mass is 10.2.